The van der Waals surface area contributed by atoms with Crippen LogP contribution < -0.4 is 5.73 Å². The first-order valence-corrected chi connectivity index (χ1v) is 6.44. The van der Waals surface area contributed by atoms with E-state index < -0.39 is 12.0 Å². The highest BCUT2D eigenvalue weighted by atomic mass is 32.2. The molecule has 98 valence electrons. The Morgan fingerprint density at radius 1 is 1.65 bits per heavy atom. The molecule has 0 aromatic carbocycles. The van der Waals surface area contributed by atoms with Crippen LogP contribution in [0, 0.1) is 0 Å². The van der Waals surface area contributed by atoms with Crippen LogP contribution in [0.2, 0.25) is 0 Å². The molecular formula is C10H18N2O4S. The van der Waals surface area contributed by atoms with E-state index in [1.807, 2.05) is 6.92 Å². The van der Waals surface area contributed by atoms with Crippen LogP contribution in [0.5, 0.6) is 0 Å². The predicted octanol–water partition coefficient (Wildman–Crippen LogP) is -0.275. The van der Waals surface area contributed by atoms with Crippen LogP contribution in [0.25, 0.3) is 0 Å². The summed E-state index contributed by atoms with van der Waals surface area (Å²) in [6, 6.07) is -0.738. The molecule has 1 amide bonds. The van der Waals surface area contributed by atoms with Crippen LogP contribution in [0.15, 0.2) is 0 Å². The van der Waals surface area contributed by atoms with E-state index in [-0.39, 0.29) is 30.4 Å². The highest BCUT2D eigenvalue weighted by molar-refractivity contribution is 8.00. The maximum atomic E-state index is 12.0. The Morgan fingerprint density at radius 3 is 2.76 bits per heavy atom. The van der Waals surface area contributed by atoms with Crippen molar-refractivity contribution in [2.75, 3.05) is 19.4 Å². The summed E-state index contributed by atoms with van der Waals surface area (Å²) in [5.41, 5.74) is 5.44. The molecule has 0 saturated carbocycles. The highest BCUT2D eigenvalue weighted by Gasteiger charge is 2.39. The van der Waals surface area contributed by atoms with Crippen LogP contribution >= 0.6 is 11.8 Å². The lowest BCUT2D eigenvalue weighted by Gasteiger charge is -2.26. The number of carbonyl (C=O) groups excluding carboxylic acids is 1. The van der Waals surface area contributed by atoms with Crippen molar-refractivity contribution in [2.45, 2.75) is 30.9 Å². The first-order valence-electron chi connectivity index (χ1n) is 5.39. The molecule has 1 aliphatic heterocycles. The van der Waals surface area contributed by atoms with Gasteiger partial charge in [0.1, 0.15) is 6.04 Å². The zero-order valence-electron chi connectivity index (χ0n) is 9.96. The lowest BCUT2D eigenvalue weighted by Crippen LogP contribution is -2.46. The fourth-order valence-corrected chi connectivity index (χ4v) is 2.96. The monoisotopic (exact) mass is 262 g/mol. The average Bonchev–Trinajstić information content (AvgIpc) is 2.67. The van der Waals surface area contributed by atoms with Crippen molar-refractivity contribution < 1.29 is 19.4 Å². The molecule has 3 N–H and O–H groups in total. The Labute approximate surface area is 104 Å². The second-order valence-electron chi connectivity index (χ2n) is 3.89. The Hall–Kier alpha value is -0.790. The number of ether oxygens (including phenoxy) is 1. The fourth-order valence-electron chi connectivity index (χ4n) is 1.77. The molecule has 3 unspecified atom stereocenters. The van der Waals surface area contributed by atoms with Gasteiger partial charge >= 0.3 is 5.97 Å². The van der Waals surface area contributed by atoms with Gasteiger partial charge in [0.25, 0.3) is 0 Å². The van der Waals surface area contributed by atoms with Crippen molar-refractivity contribution in [3.05, 3.63) is 0 Å². The Kier molecular flexibility index (Phi) is 5.23. The van der Waals surface area contributed by atoms with E-state index in [1.54, 1.807) is 0 Å². The smallest absolute Gasteiger partial charge is 0.327 e. The minimum Gasteiger partial charge on any atom is -0.480 e. The van der Waals surface area contributed by atoms with Crippen LogP contribution in [-0.4, -0.2) is 58.8 Å². The summed E-state index contributed by atoms with van der Waals surface area (Å²) < 4.78 is 5.03. The van der Waals surface area contributed by atoms with Crippen molar-refractivity contribution >= 4 is 23.6 Å². The van der Waals surface area contributed by atoms with E-state index in [4.69, 9.17) is 15.6 Å². The number of rotatable bonds is 5. The molecule has 1 aliphatic rings. The number of carboxylic acid groups (broad SMARTS) is 1. The summed E-state index contributed by atoms with van der Waals surface area (Å²) in [5, 5.41) is 8.92. The van der Waals surface area contributed by atoms with E-state index >= 15 is 0 Å². The molecule has 3 atom stereocenters. The predicted molar refractivity (Wildman–Crippen MR) is 64.7 cm³/mol. The quantitative estimate of drug-likeness (QED) is 0.708. The molecular weight excluding hydrogens is 244 g/mol. The van der Waals surface area contributed by atoms with Gasteiger partial charge in [-0.25, -0.2) is 4.79 Å². The molecule has 6 nitrogen and oxygen atoms in total. The lowest BCUT2D eigenvalue weighted by atomic mass is 10.2. The molecule has 1 rings (SSSR count). The second-order valence-corrected chi connectivity index (χ2v) is 5.23. The van der Waals surface area contributed by atoms with E-state index in [1.165, 1.54) is 23.8 Å². The Bertz CT molecular complexity index is 296. The van der Waals surface area contributed by atoms with Gasteiger partial charge in [-0.3, -0.25) is 4.79 Å². The zero-order valence-corrected chi connectivity index (χ0v) is 10.8. The lowest BCUT2D eigenvalue weighted by molar-refractivity contribution is -0.149. The largest absolute Gasteiger partial charge is 0.480 e. The molecule has 0 aromatic rings. The number of amides is 1. The van der Waals surface area contributed by atoms with Gasteiger partial charge in [0.05, 0.1) is 17.9 Å². The number of methoxy groups -OCH3 is 1. The maximum Gasteiger partial charge on any atom is 0.327 e. The third-order valence-electron chi connectivity index (χ3n) is 2.79. The summed E-state index contributed by atoms with van der Waals surface area (Å²) in [6.45, 7) is 2.07. The minimum absolute atomic E-state index is 0.112. The van der Waals surface area contributed by atoms with Crippen LogP contribution in [0.3, 0.4) is 0 Å². The van der Waals surface area contributed by atoms with Gasteiger partial charge in [0.2, 0.25) is 5.91 Å². The van der Waals surface area contributed by atoms with Crippen LogP contribution in [0.1, 0.15) is 13.3 Å². The van der Waals surface area contributed by atoms with E-state index in [9.17, 15) is 9.59 Å². The molecule has 1 heterocycles. The van der Waals surface area contributed by atoms with Crippen molar-refractivity contribution in [1.29, 1.82) is 0 Å². The standard InChI is InChI=1S/C10H18N2O4S/c1-6-12(8(5-17-6)10(14)15)9(13)3-7(4-11)16-2/h6-8H,3-5,11H2,1-2H3,(H,14,15). The van der Waals surface area contributed by atoms with Gasteiger partial charge in [-0.2, -0.15) is 0 Å². The summed E-state index contributed by atoms with van der Waals surface area (Å²) in [7, 11) is 1.49. The van der Waals surface area contributed by atoms with Crippen LogP contribution in [-0.2, 0) is 14.3 Å². The number of nitrogens with two attached hydrogens (primary N) is 1. The van der Waals surface area contributed by atoms with Crippen molar-refractivity contribution in [1.82, 2.24) is 4.90 Å². The van der Waals surface area contributed by atoms with Crippen LogP contribution in [0.4, 0.5) is 0 Å². The summed E-state index contributed by atoms with van der Waals surface area (Å²) in [6.07, 6.45) is -0.225. The maximum absolute atomic E-state index is 12.0. The van der Waals surface area contributed by atoms with Gasteiger partial charge in [0, 0.05) is 19.4 Å². The number of hydrogen-bond donors (Lipinski definition) is 2. The molecule has 0 radical (unpaired) electrons. The number of thioether (sulfide) groups is 1. The zero-order chi connectivity index (χ0) is 13.0. The van der Waals surface area contributed by atoms with E-state index in [0.29, 0.717) is 5.75 Å². The first-order chi connectivity index (χ1) is 8.01. The number of nitrogens with zero attached hydrogens (tertiary/aromatic N) is 1. The van der Waals surface area contributed by atoms with Gasteiger partial charge < -0.3 is 20.5 Å². The molecule has 7 heteroatoms. The van der Waals surface area contributed by atoms with E-state index in [2.05, 4.69) is 0 Å². The average molecular weight is 262 g/mol. The topological polar surface area (TPSA) is 92.9 Å². The summed E-state index contributed by atoms with van der Waals surface area (Å²) in [4.78, 5) is 24.4. The van der Waals surface area contributed by atoms with E-state index in [0.717, 1.165) is 0 Å². The van der Waals surface area contributed by atoms with Gasteiger partial charge in [-0.05, 0) is 6.92 Å². The molecule has 1 saturated heterocycles. The SMILES string of the molecule is COC(CN)CC(=O)N1C(C)SCC1C(=O)O. The fraction of sp³-hybridized carbons (Fsp3) is 0.800. The van der Waals surface area contributed by atoms with Crippen molar-refractivity contribution in [3.8, 4) is 0 Å². The van der Waals surface area contributed by atoms with Crippen molar-refractivity contribution in [3.63, 3.8) is 0 Å². The molecule has 0 aromatic heterocycles. The molecule has 0 aliphatic carbocycles. The second kappa shape index (κ2) is 6.23. The molecule has 1 fully saturated rings. The number of carbonyl (C=O) groups is 2. The summed E-state index contributed by atoms with van der Waals surface area (Å²) >= 11 is 1.46. The Morgan fingerprint density at radius 2 is 2.29 bits per heavy atom. The highest BCUT2D eigenvalue weighted by Crippen LogP contribution is 2.29. The van der Waals surface area contributed by atoms with Crippen molar-refractivity contribution in [2.24, 2.45) is 5.73 Å². The summed E-state index contributed by atoms with van der Waals surface area (Å²) in [5.74, 6) is -0.744. The Balaban J connectivity index is 2.68. The first kappa shape index (κ1) is 14.3. The number of hydrogen-bond acceptors (Lipinski definition) is 5. The molecule has 17 heavy (non-hydrogen) atoms. The molecule has 0 spiro atoms. The number of aliphatic carboxylic acids is 1. The molecule has 0 bridgehead atoms. The normalized spacial score (nSPS) is 25.9. The number of carboxylic acids is 1. The third-order valence-corrected chi connectivity index (χ3v) is 4.01. The third kappa shape index (κ3) is 3.34. The van der Waals surface area contributed by atoms with Gasteiger partial charge in [-0.1, -0.05) is 0 Å². The van der Waals surface area contributed by atoms with Gasteiger partial charge in [-0.15, -0.1) is 11.8 Å². The van der Waals surface area contributed by atoms with Gasteiger partial charge in [0.15, 0.2) is 0 Å². The minimum atomic E-state index is -0.961.